The lowest BCUT2D eigenvalue weighted by atomic mass is 10.1. The summed E-state index contributed by atoms with van der Waals surface area (Å²) in [6, 6.07) is 5.36. The van der Waals surface area contributed by atoms with Crippen molar-refractivity contribution in [3.63, 3.8) is 0 Å². The molecule has 0 heterocycles. The van der Waals surface area contributed by atoms with Gasteiger partial charge >= 0.3 is 6.18 Å². The molecule has 0 spiro atoms. The van der Waals surface area contributed by atoms with Crippen LogP contribution in [0.1, 0.15) is 12.0 Å². The Morgan fingerprint density at radius 1 is 1.19 bits per heavy atom. The molecule has 2 N–H and O–H groups in total. The van der Waals surface area contributed by atoms with Gasteiger partial charge in [0.1, 0.15) is 18.1 Å². The van der Waals surface area contributed by atoms with Gasteiger partial charge in [-0.05, 0) is 36.7 Å². The zero-order valence-electron chi connectivity index (χ0n) is 11.9. The maximum Gasteiger partial charge on any atom is 0.411 e. The average molecular weight is 307 g/mol. The molecule has 0 saturated heterocycles. The highest BCUT2D eigenvalue weighted by Crippen LogP contribution is 2.24. The summed E-state index contributed by atoms with van der Waals surface area (Å²) in [5, 5.41) is 0. The number of hydrogen-bond donors (Lipinski definition) is 1. The van der Waals surface area contributed by atoms with E-state index in [4.69, 9.17) is 15.2 Å². The number of benzene rings is 1. The summed E-state index contributed by atoms with van der Waals surface area (Å²) in [7, 11) is 1.57. The fourth-order valence-corrected chi connectivity index (χ4v) is 1.71. The number of alkyl halides is 3. The molecule has 0 atom stereocenters. The Kier molecular flexibility index (Phi) is 7.31. The summed E-state index contributed by atoms with van der Waals surface area (Å²) in [5.74, 6) is 1.37. The predicted octanol–water partition coefficient (Wildman–Crippen LogP) is 2.54. The SMILES string of the molecule is COc1ccc(OCCCOCC(F)(F)F)c(CCN)c1. The van der Waals surface area contributed by atoms with Crippen molar-refractivity contribution in [1.82, 2.24) is 0 Å². The fraction of sp³-hybridized carbons (Fsp3) is 0.571. The van der Waals surface area contributed by atoms with E-state index in [1.165, 1.54) is 0 Å². The first-order valence-electron chi connectivity index (χ1n) is 6.60. The van der Waals surface area contributed by atoms with Crippen LogP contribution in [0.15, 0.2) is 18.2 Å². The van der Waals surface area contributed by atoms with E-state index in [1.807, 2.05) is 6.07 Å². The summed E-state index contributed by atoms with van der Waals surface area (Å²) in [6.45, 7) is -0.476. The molecule has 0 fully saturated rings. The minimum Gasteiger partial charge on any atom is -0.497 e. The lowest BCUT2D eigenvalue weighted by Crippen LogP contribution is -2.18. The molecular formula is C14H20F3NO3. The summed E-state index contributed by atoms with van der Waals surface area (Å²) in [4.78, 5) is 0. The van der Waals surface area contributed by atoms with Crippen molar-refractivity contribution in [2.75, 3.05) is 33.5 Å². The largest absolute Gasteiger partial charge is 0.497 e. The molecule has 4 nitrogen and oxygen atoms in total. The molecule has 0 aliphatic heterocycles. The topological polar surface area (TPSA) is 53.7 Å². The molecule has 120 valence electrons. The number of rotatable bonds is 9. The Morgan fingerprint density at radius 3 is 2.57 bits per heavy atom. The summed E-state index contributed by atoms with van der Waals surface area (Å²) in [6.07, 6.45) is -3.27. The van der Waals surface area contributed by atoms with Crippen molar-refractivity contribution < 1.29 is 27.4 Å². The van der Waals surface area contributed by atoms with E-state index in [0.29, 0.717) is 30.9 Å². The second-order valence-electron chi connectivity index (χ2n) is 4.38. The lowest BCUT2D eigenvalue weighted by Gasteiger charge is -2.13. The first-order chi connectivity index (χ1) is 9.96. The quantitative estimate of drug-likeness (QED) is 0.712. The molecule has 0 saturated carbocycles. The van der Waals surface area contributed by atoms with Crippen LogP contribution in [-0.2, 0) is 11.2 Å². The van der Waals surface area contributed by atoms with Crippen LogP contribution in [-0.4, -0.2) is 39.7 Å². The zero-order chi connectivity index (χ0) is 15.7. The highest BCUT2D eigenvalue weighted by Gasteiger charge is 2.27. The first-order valence-corrected chi connectivity index (χ1v) is 6.60. The Labute approximate surface area is 122 Å². The Balaban J connectivity index is 2.37. The molecule has 21 heavy (non-hydrogen) atoms. The minimum atomic E-state index is -4.29. The summed E-state index contributed by atoms with van der Waals surface area (Å²) in [5.41, 5.74) is 6.44. The monoisotopic (exact) mass is 307 g/mol. The summed E-state index contributed by atoms with van der Waals surface area (Å²) >= 11 is 0. The van der Waals surface area contributed by atoms with Gasteiger partial charge in [0.15, 0.2) is 0 Å². The van der Waals surface area contributed by atoms with E-state index in [9.17, 15) is 13.2 Å². The smallest absolute Gasteiger partial charge is 0.411 e. The Hall–Kier alpha value is -1.47. The molecule has 0 bridgehead atoms. The van der Waals surface area contributed by atoms with Gasteiger partial charge in [-0.1, -0.05) is 0 Å². The molecule has 0 radical (unpaired) electrons. The maximum atomic E-state index is 11.9. The van der Waals surface area contributed by atoms with E-state index >= 15 is 0 Å². The second kappa shape index (κ2) is 8.74. The van der Waals surface area contributed by atoms with Gasteiger partial charge in [-0.15, -0.1) is 0 Å². The van der Waals surface area contributed by atoms with Crippen LogP contribution < -0.4 is 15.2 Å². The van der Waals surface area contributed by atoms with Crippen LogP contribution in [0.3, 0.4) is 0 Å². The van der Waals surface area contributed by atoms with E-state index in [-0.39, 0.29) is 13.2 Å². The van der Waals surface area contributed by atoms with Crippen molar-refractivity contribution >= 4 is 0 Å². The Bertz CT molecular complexity index is 424. The molecule has 1 aromatic carbocycles. The van der Waals surface area contributed by atoms with Crippen LogP contribution >= 0.6 is 0 Å². The molecular weight excluding hydrogens is 287 g/mol. The van der Waals surface area contributed by atoms with Crippen molar-refractivity contribution in [2.24, 2.45) is 5.73 Å². The zero-order valence-corrected chi connectivity index (χ0v) is 11.9. The molecule has 0 aromatic heterocycles. The minimum absolute atomic E-state index is 0.00187. The number of halogens is 3. The molecule has 1 aromatic rings. The highest BCUT2D eigenvalue weighted by atomic mass is 19.4. The predicted molar refractivity (Wildman–Crippen MR) is 72.7 cm³/mol. The van der Waals surface area contributed by atoms with Crippen LogP contribution in [0.5, 0.6) is 11.5 Å². The van der Waals surface area contributed by atoms with Crippen LogP contribution in [0, 0.1) is 0 Å². The van der Waals surface area contributed by atoms with Gasteiger partial charge in [0.2, 0.25) is 0 Å². The number of nitrogens with two attached hydrogens (primary N) is 1. The second-order valence-corrected chi connectivity index (χ2v) is 4.38. The third-order valence-electron chi connectivity index (χ3n) is 2.64. The van der Waals surface area contributed by atoms with E-state index < -0.39 is 12.8 Å². The Morgan fingerprint density at radius 2 is 1.95 bits per heavy atom. The first kappa shape index (κ1) is 17.6. The molecule has 1 rings (SSSR count). The van der Waals surface area contributed by atoms with Crippen molar-refractivity contribution in [3.8, 4) is 11.5 Å². The molecule has 0 amide bonds. The molecule has 7 heteroatoms. The van der Waals surface area contributed by atoms with E-state index in [0.717, 1.165) is 5.56 Å². The van der Waals surface area contributed by atoms with Gasteiger partial charge in [0.05, 0.1) is 20.3 Å². The maximum absolute atomic E-state index is 11.9. The third-order valence-corrected chi connectivity index (χ3v) is 2.64. The molecule has 0 aliphatic carbocycles. The van der Waals surface area contributed by atoms with Crippen molar-refractivity contribution in [3.05, 3.63) is 23.8 Å². The van der Waals surface area contributed by atoms with Crippen LogP contribution in [0.25, 0.3) is 0 Å². The average Bonchev–Trinajstić information content (AvgIpc) is 2.43. The van der Waals surface area contributed by atoms with Gasteiger partial charge in [-0.3, -0.25) is 0 Å². The van der Waals surface area contributed by atoms with E-state index in [2.05, 4.69) is 4.74 Å². The fourth-order valence-electron chi connectivity index (χ4n) is 1.71. The number of ether oxygens (including phenoxy) is 3. The third kappa shape index (κ3) is 7.19. The van der Waals surface area contributed by atoms with Gasteiger partial charge in [0, 0.05) is 6.42 Å². The van der Waals surface area contributed by atoms with E-state index in [1.54, 1.807) is 19.2 Å². The van der Waals surface area contributed by atoms with Crippen LogP contribution in [0.4, 0.5) is 13.2 Å². The summed E-state index contributed by atoms with van der Waals surface area (Å²) < 4.78 is 50.8. The van der Waals surface area contributed by atoms with Crippen molar-refractivity contribution in [1.29, 1.82) is 0 Å². The standard InChI is InChI=1S/C14H20F3NO3/c1-19-12-3-4-13(11(9-12)5-6-18)21-8-2-7-20-10-14(15,16)17/h3-4,9H,2,5-8,10,18H2,1H3. The highest BCUT2D eigenvalue weighted by molar-refractivity contribution is 5.40. The molecule has 0 aliphatic rings. The van der Waals surface area contributed by atoms with Crippen LogP contribution in [0.2, 0.25) is 0 Å². The van der Waals surface area contributed by atoms with Gasteiger partial charge in [-0.2, -0.15) is 13.2 Å². The van der Waals surface area contributed by atoms with Crippen molar-refractivity contribution in [2.45, 2.75) is 19.0 Å². The van der Waals surface area contributed by atoms with Gasteiger partial charge < -0.3 is 19.9 Å². The number of methoxy groups -OCH3 is 1. The number of hydrogen-bond acceptors (Lipinski definition) is 4. The van der Waals surface area contributed by atoms with Gasteiger partial charge in [0.25, 0.3) is 0 Å². The van der Waals surface area contributed by atoms with Gasteiger partial charge in [-0.25, -0.2) is 0 Å². The normalized spacial score (nSPS) is 11.5. The molecule has 0 unspecified atom stereocenters. The lowest BCUT2D eigenvalue weighted by molar-refractivity contribution is -0.174.